The van der Waals surface area contributed by atoms with E-state index in [2.05, 4.69) is 5.32 Å². The van der Waals surface area contributed by atoms with Crippen molar-refractivity contribution in [2.45, 2.75) is 44.6 Å². The molecular formula is C16H21N3OS2. The van der Waals surface area contributed by atoms with E-state index in [9.17, 15) is 4.79 Å². The zero-order valence-electron chi connectivity index (χ0n) is 12.9. The predicted octanol–water partition coefficient (Wildman–Crippen LogP) is 3.18. The number of thioether (sulfide) groups is 1. The van der Waals surface area contributed by atoms with E-state index in [1.54, 1.807) is 15.9 Å². The highest BCUT2D eigenvalue weighted by Gasteiger charge is 2.22. The normalized spacial score (nSPS) is 19.3. The molecule has 2 aliphatic rings. The van der Waals surface area contributed by atoms with E-state index in [-0.39, 0.29) is 5.56 Å². The lowest BCUT2D eigenvalue weighted by Crippen LogP contribution is -2.30. The Kier molecular flexibility index (Phi) is 3.90. The van der Waals surface area contributed by atoms with E-state index in [1.165, 1.54) is 34.8 Å². The molecule has 6 heteroatoms. The fourth-order valence-electron chi connectivity index (χ4n) is 3.44. The third-order valence-electron chi connectivity index (χ3n) is 4.75. The summed E-state index contributed by atoms with van der Waals surface area (Å²) in [4.78, 5) is 19.9. The number of aryl methyl sites for hydroxylation is 2. The molecule has 0 bridgehead atoms. The maximum absolute atomic E-state index is 12.8. The van der Waals surface area contributed by atoms with E-state index < -0.39 is 0 Å². The third kappa shape index (κ3) is 2.46. The number of hydrogen-bond donors (Lipinski definition) is 1. The fraction of sp³-hybridized carbons (Fsp3) is 0.625. The first-order valence-electron chi connectivity index (χ1n) is 8.09. The number of anilines is 1. The van der Waals surface area contributed by atoms with Gasteiger partial charge in [0.15, 0.2) is 0 Å². The Labute approximate surface area is 138 Å². The van der Waals surface area contributed by atoms with Crippen LogP contribution in [0.5, 0.6) is 0 Å². The molecule has 2 aromatic heterocycles. The van der Waals surface area contributed by atoms with Crippen LogP contribution in [-0.2, 0) is 19.9 Å². The van der Waals surface area contributed by atoms with Crippen LogP contribution in [0.1, 0.15) is 36.1 Å². The van der Waals surface area contributed by atoms with Gasteiger partial charge in [-0.15, -0.1) is 11.3 Å². The first-order chi connectivity index (χ1) is 10.7. The maximum Gasteiger partial charge on any atom is 0.263 e. The van der Waals surface area contributed by atoms with E-state index >= 15 is 0 Å². The topological polar surface area (TPSA) is 46.9 Å². The number of rotatable bonds is 2. The van der Waals surface area contributed by atoms with Gasteiger partial charge in [0.1, 0.15) is 4.83 Å². The molecule has 1 aliphatic heterocycles. The Morgan fingerprint density at radius 1 is 1.23 bits per heavy atom. The van der Waals surface area contributed by atoms with Crippen molar-refractivity contribution in [3.63, 3.8) is 0 Å². The third-order valence-corrected chi connectivity index (χ3v) is 6.99. The number of hydrogen-bond acceptors (Lipinski definition) is 5. The lowest BCUT2D eigenvalue weighted by molar-refractivity contribution is 0.650. The average molecular weight is 335 g/mol. The van der Waals surface area contributed by atoms with Crippen molar-refractivity contribution in [1.82, 2.24) is 9.55 Å². The largest absolute Gasteiger partial charge is 0.353 e. The van der Waals surface area contributed by atoms with Crippen LogP contribution in [0.2, 0.25) is 0 Å². The van der Waals surface area contributed by atoms with Gasteiger partial charge in [0.25, 0.3) is 5.56 Å². The van der Waals surface area contributed by atoms with E-state index in [0.29, 0.717) is 6.04 Å². The number of fused-ring (bicyclic) bond motifs is 3. The minimum Gasteiger partial charge on any atom is -0.353 e. The molecule has 1 N–H and O–H groups in total. The number of thiophene rings is 1. The monoisotopic (exact) mass is 335 g/mol. The van der Waals surface area contributed by atoms with E-state index in [1.807, 2.05) is 18.8 Å². The van der Waals surface area contributed by atoms with Crippen molar-refractivity contribution in [3.05, 3.63) is 20.8 Å². The zero-order valence-corrected chi connectivity index (χ0v) is 14.5. The Morgan fingerprint density at radius 3 is 2.82 bits per heavy atom. The summed E-state index contributed by atoms with van der Waals surface area (Å²) >= 11 is 3.74. The summed E-state index contributed by atoms with van der Waals surface area (Å²) in [7, 11) is 1.85. The molecule has 0 saturated carbocycles. The highest BCUT2D eigenvalue weighted by Crippen LogP contribution is 2.34. The zero-order chi connectivity index (χ0) is 15.1. The molecule has 4 rings (SSSR count). The molecule has 22 heavy (non-hydrogen) atoms. The molecule has 0 unspecified atom stereocenters. The fourth-order valence-corrected chi connectivity index (χ4v) is 5.80. The van der Waals surface area contributed by atoms with Crippen molar-refractivity contribution in [2.24, 2.45) is 7.05 Å². The molecule has 1 saturated heterocycles. The van der Waals surface area contributed by atoms with Crippen LogP contribution in [0.4, 0.5) is 5.95 Å². The second-order valence-electron chi connectivity index (χ2n) is 6.22. The standard InChI is InChI=1S/C16H21N3OS2/c1-19-15(20)13-11-4-2-3-5-12(11)22-14(13)18-16(19)17-10-6-8-21-9-7-10/h10H,2-9H2,1H3,(H,17,18). The molecule has 0 amide bonds. The molecule has 0 radical (unpaired) electrons. The summed E-state index contributed by atoms with van der Waals surface area (Å²) in [6.45, 7) is 0. The summed E-state index contributed by atoms with van der Waals surface area (Å²) < 4.78 is 1.71. The van der Waals surface area contributed by atoms with E-state index in [0.717, 1.165) is 41.8 Å². The van der Waals surface area contributed by atoms with E-state index in [4.69, 9.17) is 4.98 Å². The molecule has 4 nitrogen and oxygen atoms in total. The highest BCUT2D eigenvalue weighted by atomic mass is 32.2. The smallest absolute Gasteiger partial charge is 0.263 e. The molecular weight excluding hydrogens is 314 g/mol. The first kappa shape index (κ1) is 14.6. The Hall–Kier alpha value is -1.01. The van der Waals surface area contributed by atoms with Gasteiger partial charge in [0, 0.05) is 18.0 Å². The van der Waals surface area contributed by atoms with Crippen molar-refractivity contribution in [2.75, 3.05) is 16.8 Å². The molecule has 1 fully saturated rings. The predicted molar refractivity (Wildman–Crippen MR) is 95.5 cm³/mol. The lowest BCUT2D eigenvalue weighted by atomic mass is 9.97. The Bertz CT molecular complexity index is 759. The molecule has 2 aromatic rings. The minimum absolute atomic E-state index is 0.122. The van der Waals surface area contributed by atoms with Gasteiger partial charge in [-0.1, -0.05) is 0 Å². The Morgan fingerprint density at radius 2 is 2.00 bits per heavy atom. The summed E-state index contributed by atoms with van der Waals surface area (Å²) in [5.41, 5.74) is 1.40. The molecule has 0 atom stereocenters. The van der Waals surface area contributed by atoms with Crippen molar-refractivity contribution in [3.8, 4) is 0 Å². The minimum atomic E-state index is 0.122. The van der Waals surface area contributed by atoms with Gasteiger partial charge in [0.05, 0.1) is 5.39 Å². The van der Waals surface area contributed by atoms with Gasteiger partial charge in [-0.05, 0) is 55.6 Å². The van der Waals surface area contributed by atoms with Gasteiger partial charge in [-0.2, -0.15) is 11.8 Å². The summed E-state index contributed by atoms with van der Waals surface area (Å²) in [6, 6.07) is 0.450. The SMILES string of the molecule is Cn1c(NC2CCSCC2)nc2sc3c(c2c1=O)CCCC3. The molecule has 118 valence electrons. The maximum atomic E-state index is 12.8. The van der Waals surface area contributed by atoms with Gasteiger partial charge in [0.2, 0.25) is 5.95 Å². The molecule has 0 aromatic carbocycles. The Balaban J connectivity index is 1.76. The summed E-state index contributed by atoms with van der Waals surface area (Å²) in [5, 5.41) is 4.39. The van der Waals surface area contributed by atoms with Crippen LogP contribution in [0.25, 0.3) is 10.2 Å². The van der Waals surface area contributed by atoms with Crippen LogP contribution < -0.4 is 10.9 Å². The summed E-state index contributed by atoms with van der Waals surface area (Å²) in [5.74, 6) is 3.13. The first-order valence-corrected chi connectivity index (χ1v) is 10.1. The van der Waals surface area contributed by atoms with Crippen LogP contribution in [0.15, 0.2) is 4.79 Å². The second-order valence-corrected chi connectivity index (χ2v) is 8.53. The van der Waals surface area contributed by atoms with Gasteiger partial charge in [-0.25, -0.2) is 4.98 Å². The van der Waals surface area contributed by atoms with Crippen LogP contribution in [0, 0.1) is 0 Å². The molecule has 1 aliphatic carbocycles. The highest BCUT2D eigenvalue weighted by molar-refractivity contribution is 7.99. The number of nitrogens with one attached hydrogen (secondary N) is 1. The van der Waals surface area contributed by atoms with Gasteiger partial charge < -0.3 is 5.32 Å². The van der Waals surface area contributed by atoms with Crippen LogP contribution in [0.3, 0.4) is 0 Å². The average Bonchev–Trinajstić information content (AvgIpc) is 2.91. The number of nitrogens with zero attached hydrogens (tertiary/aromatic N) is 2. The van der Waals surface area contributed by atoms with Crippen molar-refractivity contribution in [1.29, 1.82) is 0 Å². The number of aromatic nitrogens is 2. The molecule has 3 heterocycles. The molecule has 0 spiro atoms. The quantitative estimate of drug-likeness (QED) is 0.916. The second kappa shape index (κ2) is 5.89. The van der Waals surface area contributed by atoms with Crippen LogP contribution >= 0.6 is 23.1 Å². The van der Waals surface area contributed by atoms with Gasteiger partial charge >= 0.3 is 0 Å². The summed E-state index contributed by atoms with van der Waals surface area (Å²) in [6.07, 6.45) is 6.90. The van der Waals surface area contributed by atoms with Crippen molar-refractivity contribution < 1.29 is 0 Å². The lowest BCUT2D eigenvalue weighted by Gasteiger charge is -2.23. The van der Waals surface area contributed by atoms with Gasteiger partial charge in [-0.3, -0.25) is 9.36 Å². The van der Waals surface area contributed by atoms with Crippen molar-refractivity contribution >= 4 is 39.3 Å². The van der Waals surface area contributed by atoms with Crippen LogP contribution in [-0.4, -0.2) is 27.1 Å².